The van der Waals surface area contributed by atoms with E-state index < -0.39 is 17.9 Å². The van der Waals surface area contributed by atoms with Crippen LogP contribution in [0, 0.1) is 0 Å². The van der Waals surface area contributed by atoms with Gasteiger partial charge < -0.3 is 19.5 Å². The van der Waals surface area contributed by atoms with Crippen molar-refractivity contribution in [3.63, 3.8) is 0 Å². The van der Waals surface area contributed by atoms with Crippen LogP contribution in [-0.4, -0.2) is 60.4 Å². The lowest BCUT2D eigenvalue weighted by Gasteiger charge is -2.49. The number of para-hydroxylation sites is 1. The average Bonchev–Trinajstić information content (AvgIpc) is 2.69. The van der Waals surface area contributed by atoms with Crippen LogP contribution in [0.3, 0.4) is 0 Å². The summed E-state index contributed by atoms with van der Waals surface area (Å²) in [6.45, 7) is 1.40. The fourth-order valence-electron chi connectivity index (χ4n) is 2.82. The van der Waals surface area contributed by atoms with Crippen LogP contribution >= 0.6 is 11.8 Å². The number of nitrogens with one attached hydrogen (secondary N) is 1. The van der Waals surface area contributed by atoms with Crippen molar-refractivity contribution in [3.05, 3.63) is 41.6 Å². The van der Waals surface area contributed by atoms with E-state index >= 15 is 0 Å². The Bertz CT molecular complexity index is 766. The van der Waals surface area contributed by atoms with Gasteiger partial charge in [-0.05, 0) is 24.6 Å². The van der Waals surface area contributed by atoms with Gasteiger partial charge in [0.1, 0.15) is 22.9 Å². The molecule has 2 heterocycles. The first-order valence-corrected chi connectivity index (χ1v) is 9.35. The van der Waals surface area contributed by atoms with Crippen molar-refractivity contribution < 1.29 is 28.6 Å². The van der Waals surface area contributed by atoms with Gasteiger partial charge in [0.05, 0.1) is 0 Å². The van der Waals surface area contributed by atoms with Crippen LogP contribution in [-0.2, 0) is 23.9 Å². The van der Waals surface area contributed by atoms with E-state index in [0.29, 0.717) is 11.5 Å². The van der Waals surface area contributed by atoms with E-state index in [9.17, 15) is 14.4 Å². The van der Waals surface area contributed by atoms with Gasteiger partial charge in [-0.1, -0.05) is 18.2 Å². The number of thioether (sulfide) groups is 1. The van der Waals surface area contributed by atoms with Gasteiger partial charge in [-0.3, -0.25) is 14.5 Å². The molecule has 2 atom stereocenters. The summed E-state index contributed by atoms with van der Waals surface area (Å²) in [5, 5.41) is 2.34. The average molecular weight is 392 g/mol. The van der Waals surface area contributed by atoms with Crippen molar-refractivity contribution in [2.75, 3.05) is 26.3 Å². The second kappa shape index (κ2) is 8.45. The zero-order valence-corrected chi connectivity index (χ0v) is 15.8. The zero-order valence-electron chi connectivity index (χ0n) is 15.0. The predicted molar refractivity (Wildman–Crippen MR) is 97.6 cm³/mol. The first kappa shape index (κ1) is 19.2. The van der Waals surface area contributed by atoms with E-state index in [0.717, 1.165) is 5.57 Å². The Morgan fingerprint density at radius 2 is 2.04 bits per heavy atom. The highest BCUT2D eigenvalue weighted by atomic mass is 32.2. The molecule has 1 aromatic carbocycles. The van der Waals surface area contributed by atoms with Gasteiger partial charge in [0.2, 0.25) is 0 Å². The van der Waals surface area contributed by atoms with E-state index in [1.807, 2.05) is 6.07 Å². The summed E-state index contributed by atoms with van der Waals surface area (Å²) in [5.41, 5.74) is 0.981. The van der Waals surface area contributed by atoms with E-state index in [-0.39, 0.29) is 30.4 Å². The first-order chi connectivity index (χ1) is 13.0. The van der Waals surface area contributed by atoms with Crippen molar-refractivity contribution in [3.8, 4) is 5.75 Å². The quantitative estimate of drug-likeness (QED) is 0.418. The number of β-lactam (4-membered cyclic amide) rings is 1. The fraction of sp³-hybridized carbons (Fsp3) is 0.389. The second-order valence-electron chi connectivity index (χ2n) is 6.02. The van der Waals surface area contributed by atoms with Crippen LogP contribution in [0.25, 0.3) is 0 Å². The Hall–Kier alpha value is -2.52. The Morgan fingerprint density at radius 3 is 2.74 bits per heavy atom. The van der Waals surface area contributed by atoms with Gasteiger partial charge in [0, 0.05) is 12.9 Å². The largest absolute Gasteiger partial charge is 0.484 e. The molecule has 1 fully saturated rings. The molecule has 3 rings (SSSR count). The van der Waals surface area contributed by atoms with Gasteiger partial charge in [-0.25, -0.2) is 4.79 Å². The van der Waals surface area contributed by atoms with Crippen LogP contribution in [0.2, 0.25) is 0 Å². The van der Waals surface area contributed by atoms with Crippen molar-refractivity contribution in [1.82, 2.24) is 10.2 Å². The monoisotopic (exact) mass is 392 g/mol. The molecule has 2 aliphatic heterocycles. The molecule has 8 nitrogen and oxygen atoms in total. The molecule has 0 aliphatic carbocycles. The van der Waals surface area contributed by atoms with E-state index in [1.54, 1.807) is 31.2 Å². The number of esters is 1. The lowest BCUT2D eigenvalue weighted by molar-refractivity contribution is -0.158. The number of ether oxygens (including phenoxy) is 3. The van der Waals surface area contributed by atoms with E-state index in [1.165, 1.54) is 23.8 Å². The molecule has 0 aromatic heterocycles. The third-order valence-corrected chi connectivity index (χ3v) is 5.51. The Labute approximate surface area is 160 Å². The minimum absolute atomic E-state index is 0.188. The summed E-state index contributed by atoms with van der Waals surface area (Å²) < 4.78 is 15.1. The number of nitrogens with zero attached hydrogens (tertiary/aromatic N) is 1. The Balaban J connectivity index is 1.58. The SMILES string of the molecule is COCOC(=O)C1=C(C)CS[C@@H]2[C@H](NC(=O)COc3ccccc3)C(=O)N12. The van der Waals surface area contributed by atoms with Gasteiger partial charge in [0.25, 0.3) is 11.8 Å². The highest BCUT2D eigenvalue weighted by Gasteiger charge is 2.54. The molecule has 27 heavy (non-hydrogen) atoms. The van der Waals surface area contributed by atoms with Gasteiger partial charge in [-0.15, -0.1) is 11.8 Å². The molecule has 0 bridgehead atoms. The number of hydrogen-bond donors (Lipinski definition) is 1. The lowest BCUT2D eigenvalue weighted by Crippen LogP contribution is -2.70. The van der Waals surface area contributed by atoms with Crippen LogP contribution in [0.1, 0.15) is 6.92 Å². The summed E-state index contributed by atoms with van der Waals surface area (Å²) in [6.07, 6.45) is 0. The number of amides is 2. The molecule has 0 radical (unpaired) electrons. The highest BCUT2D eigenvalue weighted by Crippen LogP contribution is 2.40. The zero-order chi connectivity index (χ0) is 19.4. The summed E-state index contributed by atoms with van der Waals surface area (Å²) in [5.74, 6) is -0.206. The molecule has 9 heteroatoms. The van der Waals surface area contributed by atoms with E-state index in [2.05, 4.69) is 5.32 Å². The Kier molecular flexibility index (Phi) is 6.02. The van der Waals surface area contributed by atoms with E-state index in [4.69, 9.17) is 14.2 Å². The van der Waals surface area contributed by atoms with Crippen LogP contribution in [0.4, 0.5) is 0 Å². The summed E-state index contributed by atoms with van der Waals surface area (Å²) in [7, 11) is 1.41. The molecule has 1 aromatic rings. The lowest BCUT2D eigenvalue weighted by atomic mass is 10.0. The molecule has 0 saturated carbocycles. The van der Waals surface area contributed by atoms with Crippen LogP contribution in [0.5, 0.6) is 5.75 Å². The fourth-order valence-corrected chi connectivity index (χ4v) is 4.12. The van der Waals surface area contributed by atoms with Gasteiger partial charge in [-0.2, -0.15) is 0 Å². The standard InChI is InChI=1S/C18H20N2O6S/c1-11-9-27-17-14(16(22)20(17)15(11)18(23)26-10-24-2)19-13(21)8-25-12-6-4-3-5-7-12/h3-7,14,17H,8-10H2,1-2H3,(H,19,21)/t14-,17-/m1/s1. The minimum Gasteiger partial charge on any atom is -0.484 e. The third kappa shape index (κ3) is 4.09. The second-order valence-corrected chi connectivity index (χ2v) is 7.13. The summed E-state index contributed by atoms with van der Waals surface area (Å²) >= 11 is 1.49. The minimum atomic E-state index is -0.694. The normalized spacial score (nSPS) is 21.3. The third-order valence-electron chi connectivity index (χ3n) is 4.09. The molecule has 1 saturated heterocycles. The van der Waals surface area contributed by atoms with Crippen molar-refractivity contribution in [1.29, 1.82) is 0 Å². The van der Waals surface area contributed by atoms with Crippen molar-refractivity contribution in [2.45, 2.75) is 18.3 Å². The number of fused-ring (bicyclic) bond motifs is 1. The Morgan fingerprint density at radius 1 is 1.30 bits per heavy atom. The van der Waals surface area contributed by atoms with Gasteiger partial charge in [0.15, 0.2) is 13.4 Å². The molecular weight excluding hydrogens is 372 g/mol. The molecule has 0 unspecified atom stereocenters. The first-order valence-electron chi connectivity index (χ1n) is 8.30. The molecule has 2 amide bonds. The smallest absolute Gasteiger partial charge is 0.357 e. The molecule has 2 aliphatic rings. The topological polar surface area (TPSA) is 94.2 Å². The number of carbonyl (C=O) groups is 3. The van der Waals surface area contributed by atoms with Crippen LogP contribution in [0.15, 0.2) is 41.6 Å². The molecule has 1 N–H and O–H groups in total. The molecular formula is C18H20N2O6S. The van der Waals surface area contributed by atoms with Crippen molar-refractivity contribution in [2.24, 2.45) is 0 Å². The summed E-state index contributed by atoms with van der Waals surface area (Å²) in [4.78, 5) is 38.2. The highest BCUT2D eigenvalue weighted by molar-refractivity contribution is 8.00. The summed E-state index contributed by atoms with van der Waals surface area (Å²) in [6, 6.07) is 8.24. The van der Waals surface area contributed by atoms with Gasteiger partial charge >= 0.3 is 5.97 Å². The maximum atomic E-state index is 12.5. The number of methoxy groups -OCH3 is 1. The molecule has 144 valence electrons. The number of carbonyl (C=O) groups excluding carboxylic acids is 3. The molecule has 0 spiro atoms. The number of hydrogen-bond acceptors (Lipinski definition) is 7. The van der Waals surface area contributed by atoms with Crippen LogP contribution < -0.4 is 10.1 Å². The maximum Gasteiger partial charge on any atom is 0.357 e. The number of rotatable bonds is 7. The maximum absolute atomic E-state index is 12.5. The van der Waals surface area contributed by atoms with Crippen molar-refractivity contribution >= 4 is 29.5 Å². The number of benzene rings is 1. The predicted octanol–water partition coefficient (Wildman–Crippen LogP) is 0.886.